The summed E-state index contributed by atoms with van der Waals surface area (Å²) in [5.41, 5.74) is 9.30. The van der Waals surface area contributed by atoms with Crippen LogP contribution in [0.15, 0.2) is 30.5 Å². The summed E-state index contributed by atoms with van der Waals surface area (Å²) in [5, 5.41) is 2.71. The molecule has 1 aromatic carbocycles. The highest BCUT2D eigenvalue weighted by Gasteiger charge is 2.08. The minimum Gasteiger partial charge on any atom is -0.483 e. The van der Waals surface area contributed by atoms with Crippen LogP contribution in [-0.2, 0) is 4.79 Å². The van der Waals surface area contributed by atoms with Gasteiger partial charge in [0.05, 0.1) is 11.9 Å². The van der Waals surface area contributed by atoms with E-state index >= 15 is 0 Å². The third-order valence-corrected chi connectivity index (χ3v) is 3.02. The van der Waals surface area contributed by atoms with Crippen LogP contribution >= 0.6 is 12.4 Å². The van der Waals surface area contributed by atoms with E-state index in [0.29, 0.717) is 11.5 Å². The Morgan fingerprint density at radius 3 is 2.41 bits per heavy atom. The van der Waals surface area contributed by atoms with Crippen molar-refractivity contribution in [3.8, 4) is 5.75 Å². The Morgan fingerprint density at radius 2 is 1.86 bits per heavy atom. The molecular weight excluding hydrogens is 302 g/mol. The highest BCUT2D eigenvalue weighted by molar-refractivity contribution is 5.91. The van der Waals surface area contributed by atoms with Crippen molar-refractivity contribution in [2.45, 2.75) is 20.8 Å². The van der Waals surface area contributed by atoms with E-state index in [0.717, 1.165) is 16.9 Å². The second kappa shape index (κ2) is 7.66. The molecule has 118 valence electrons. The first-order valence-corrected chi connectivity index (χ1v) is 6.68. The highest BCUT2D eigenvalue weighted by Crippen LogP contribution is 2.24. The van der Waals surface area contributed by atoms with Crippen LogP contribution in [0.25, 0.3) is 0 Å². The SMILES string of the molecule is Cc1cc(C)c(OCC(=O)Nc2ccc(N)nc2)c(C)c1.Cl. The number of benzene rings is 1. The number of carbonyl (C=O) groups excluding carboxylic acids is 1. The number of pyridine rings is 1. The Kier molecular flexibility index (Phi) is 6.19. The Balaban J connectivity index is 0.00000242. The van der Waals surface area contributed by atoms with E-state index in [1.165, 1.54) is 11.8 Å². The number of nitrogens with two attached hydrogens (primary N) is 1. The Bertz CT molecular complexity index is 634. The van der Waals surface area contributed by atoms with Crippen molar-refractivity contribution in [2.75, 3.05) is 17.7 Å². The lowest BCUT2D eigenvalue weighted by molar-refractivity contribution is -0.118. The summed E-state index contributed by atoms with van der Waals surface area (Å²) in [7, 11) is 0. The number of aryl methyl sites for hydroxylation is 3. The zero-order valence-corrected chi connectivity index (χ0v) is 13.7. The molecule has 0 saturated carbocycles. The van der Waals surface area contributed by atoms with Crippen molar-refractivity contribution in [3.05, 3.63) is 47.2 Å². The van der Waals surface area contributed by atoms with Crippen molar-refractivity contribution in [1.82, 2.24) is 4.98 Å². The highest BCUT2D eigenvalue weighted by atomic mass is 35.5. The molecule has 0 radical (unpaired) electrons. The quantitative estimate of drug-likeness (QED) is 0.907. The molecule has 3 N–H and O–H groups in total. The molecule has 1 aromatic heterocycles. The van der Waals surface area contributed by atoms with Crippen LogP contribution in [0.5, 0.6) is 5.75 Å². The Morgan fingerprint density at radius 1 is 1.23 bits per heavy atom. The van der Waals surface area contributed by atoms with Crippen LogP contribution in [0.2, 0.25) is 0 Å². The summed E-state index contributed by atoms with van der Waals surface area (Å²) in [6, 6.07) is 7.39. The molecule has 2 aromatic rings. The number of rotatable bonds is 4. The van der Waals surface area contributed by atoms with E-state index in [-0.39, 0.29) is 24.9 Å². The number of hydrogen-bond acceptors (Lipinski definition) is 4. The summed E-state index contributed by atoms with van der Waals surface area (Å²) in [4.78, 5) is 15.8. The Hall–Kier alpha value is -2.27. The standard InChI is InChI=1S/C16H19N3O2.ClH/c1-10-6-11(2)16(12(3)7-10)21-9-15(20)19-13-4-5-14(17)18-8-13;/h4-8H,9H2,1-3H3,(H2,17,18)(H,19,20);1H. The lowest BCUT2D eigenvalue weighted by Crippen LogP contribution is -2.20. The average molecular weight is 322 g/mol. The molecule has 0 spiro atoms. The number of hydrogen-bond donors (Lipinski definition) is 2. The van der Waals surface area contributed by atoms with Gasteiger partial charge in [-0.25, -0.2) is 4.98 Å². The zero-order valence-electron chi connectivity index (χ0n) is 12.8. The fourth-order valence-electron chi connectivity index (χ4n) is 2.21. The van der Waals surface area contributed by atoms with Crippen molar-refractivity contribution in [3.63, 3.8) is 0 Å². The number of carbonyl (C=O) groups is 1. The third-order valence-electron chi connectivity index (χ3n) is 3.02. The van der Waals surface area contributed by atoms with Crippen molar-refractivity contribution in [2.24, 2.45) is 0 Å². The number of nitrogens with one attached hydrogen (secondary N) is 1. The molecule has 0 fully saturated rings. The van der Waals surface area contributed by atoms with Gasteiger partial charge < -0.3 is 15.8 Å². The first-order valence-electron chi connectivity index (χ1n) is 6.68. The second-order valence-corrected chi connectivity index (χ2v) is 5.04. The van der Waals surface area contributed by atoms with Gasteiger partial charge in [0, 0.05) is 0 Å². The van der Waals surface area contributed by atoms with Crippen molar-refractivity contribution >= 4 is 29.8 Å². The number of amides is 1. The predicted octanol–water partition coefficient (Wildman–Crippen LogP) is 3.03. The van der Waals surface area contributed by atoms with Crippen molar-refractivity contribution < 1.29 is 9.53 Å². The fraction of sp³-hybridized carbons (Fsp3) is 0.250. The lowest BCUT2D eigenvalue weighted by atomic mass is 10.1. The van der Waals surface area contributed by atoms with Crippen LogP contribution in [-0.4, -0.2) is 17.5 Å². The fourth-order valence-corrected chi connectivity index (χ4v) is 2.21. The summed E-state index contributed by atoms with van der Waals surface area (Å²) < 4.78 is 5.62. The maximum absolute atomic E-state index is 11.9. The molecule has 0 unspecified atom stereocenters. The molecule has 0 saturated heterocycles. The van der Waals surface area contributed by atoms with Gasteiger partial charge in [-0.1, -0.05) is 17.7 Å². The molecule has 0 aliphatic carbocycles. The minimum absolute atomic E-state index is 0. The van der Waals surface area contributed by atoms with Gasteiger partial charge in [0.1, 0.15) is 11.6 Å². The molecule has 0 aliphatic heterocycles. The molecule has 6 heteroatoms. The number of halogens is 1. The topological polar surface area (TPSA) is 77.2 Å². The van der Waals surface area contributed by atoms with E-state index in [9.17, 15) is 4.79 Å². The van der Waals surface area contributed by atoms with Crippen LogP contribution in [0.4, 0.5) is 11.5 Å². The van der Waals surface area contributed by atoms with Crippen LogP contribution in [0.1, 0.15) is 16.7 Å². The van der Waals surface area contributed by atoms with Gasteiger partial charge in [-0.15, -0.1) is 12.4 Å². The summed E-state index contributed by atoms with van der Waals surface area (Å²) >= 11 is 0. The molecule has 0 bridgehead atoms. The predicted molar refractivity (Wildman–Crippen MR) is 90.7 cm³/mol. The van der Waals surface area contributed by atoms with Crippen LogP contribution < -0.4 is 15.8 Å². The molecule has 22 heavy (non-hydrogen) atoms. The molecule has 0 aliphatic rings. The lowest BCUT2D eigenvalue weighted by Gasteiger charge is -2.13. The van der Waals surface area contributed by atoms with Gasteiger partial charge in [-0.2, -0.15) is 0 Å². The van der Waals surface area contributed by atoms with E-state index in [1.54, 1.807) is 12.1 Å². The first kappa shape index (κ1) is 17.8. The summed E-state index contributed by atoms with van der Waals surface area (Å²) in [6.45, 7) is 5.92. The van der Waals surface area contributed by atoms with Crippen molar-refractivity contribution in [1.29, 1.82) is 0 Å². The molecule has 0 atom stereocenters. The van der Waals surface area contributed by atoms with Gasteiger partial charge in [-0.3, -0.25) is 4.79 Å². The monoisotopic (exact) mass is 321 g/mol. The molecule has 5 nitrogen and oxygen atoms in total. The van der Waals surface area contributed by atoms with Crippen LogP contribution in [0.3, 0.4) is 0 Å². The average Bonchev–Trinajstić information content (AvgIpc) is 2.40. The van der Waals surface area contributed by atoms with E-state index in [4.69, 9.17) is 10.5 Å². The van der Waals surface area contributed by atoms with Gasteiger partial charge in [0.15, 0.2) is 6.61 Å². The maximum atomic E-state index is 11.9. The molecule has 1 amide bonds. The summed E-state index contributed by atoms with van der Waals surface area (Å²) in [5.74, 6) is 0.933. The number of nitrogen functional groups attached to an aromatic ring is 1. The van der Waals surface area contributed by atoms with Gasteiger partial charge in [0.25, 0.3) is 5.91 Å². The van der Waals surface area contributed by atoms with E-state index in [2.05, 4.69) is 10.3 Å². The molecule has 2 rings (SSSR count). The third kappa shape index (κ3) is 4.63. The van der Waals surface area contributed by atoms with E-state index < -0.39 is 0 Å². The summed E-state index contributed by atoms with van der Waals surface area (Å²) in [6.07, 6.45) is 1.51. The van der Waals surface area contributed by atoms with Crippen LogP contribution in [0, 0.1) is 20.8 Å². The molecule has 1 heterocycles. The number of ether oxygens (including phenoxy) is 1. The minimum atomic E-state index is -0.235. The first-order chi connectivity index (χ1) is 9.95. The van der Waals surface area contributed by atoms with Gasteiger partial charge in [0.2, 0.25) is 0 Å². The van der Waals surface area contributed by atoms with Gasteiger partial charge >= 0.3 is 0 Å². The van der Waals surface area contributed by atoms with E-state index in [1.807, 2.05) is 32.9 Å². The maximum Gasteiger partial charge on any atom is 0.262 e. The molecular formula is C16H20ClN3O2. The zero-order chi connectivity index (χ0) is 15.4. The number of aromatic nitrogens is 1. The number of anilines is 2. The largest absolute Gasteiger partial charge is 0.483 e. The smallest absolute Gasteiger partial charge is 0.262 e. The second-order valence-electron chi connectivity index (χ2n) is 5.04. The van der Waals surface area contributed by atoms with Gasteiger partial charge in [-0.05, 0) is 44.0 Å². The number of nitrogens with zero attached hydrogens (tertiary/aromatic N) is 1. The Labute approximate surface area is 136 Å². The normalized spacial score (nSPS) is 9.77.